The number of carbonyl (C=O) groups excluding carboxylic acids is 5. The molecule has 142 valence electrons. The average Bonchev–Trinajstić information content (AvgIpc) is 2.88. The van der Waals surface area contributed by atoms with Crippen molar-refractivity contribution in [1.82, 2.24) is 10.2 Å². The van der Waals surface area contributed by atoms with E-state index in [-0.39, 0.29) is 42.0 Å². The van der Waals surface area contributed by atoms with Crippen LogP contribution in [0.3, 0.4) is 0 Å². The number of hydrogen-bond acceptors (Lipinski definition) is 6. The zero-order chi connectivity index (χ0) is 19.6. The topological polar surface area (TPSA) is 139 Å². The largest absolute Gasteiger partial charge is 0.330 e. The molecule has 27 heavy (non-hydrogen) atoms. The smallest absolute Gasteiger partial charge is 0.264 e. The number of nitrogens with zero attached hydrogens (tertiary/aromatic N) is 1. The average molecular weight is 372 g/mol. The number of amides is 5. The highest BCUT2D eigenvalue weighted by atomic mass is 16.2. The maximum atomic E-state index is 12.9. The Morgan fingerprint density at radius 2 is 1.96 bits per heavy atom. The van der Waals surface area contributed by atoms with Crippen LogP contribution in [-0.4, -0.2) is 47.0 Å². The number of hydrogen-bond donors (Lipinski definition) is 3. The van der Waals surface area contributed by atoms with E-state index in [0.717, 1.165) is 4.90 Å². The number of fused-ring (bicyclic) bond motifs is 1. The lowest BCUT2D eigenvalue weighted by atomic mass is 10.0. The maximum absolute atomic E-state index is 12.9. The fourth-order valence-electron chi connectivity index (χ4n) is 3.26. The van der Waals surface area contributed by atoms with Gasteiger partial charge in [0.2, 0.25) is 17.7 Å². The minimum absolute atomic E-state index is 0.0501. The fraction of sp³-hybridized carbons (Fsp3) is 0.389. The van der Waals surface area contributed by atoms with Crippen molar-refractivity contribution >= 4 is 35.2 Å². The second-order valence-corrected chi connectivity index (χ2v) is 6.47. The molecular formula is C18H20N4O5. The molecule has 9 nitrogen and oxygen atoms in total. The van der Waals surface area contributed by atoms with Crippen LogP contribution in [0.4, 0.5) is 5.69 Å². The van der Waals surface area contributed by atoms with E-state index >= 15 is 0 Å². The van der Waals surface area contributed by atoms with Crippen LogP contribution in [0.2, 0.25) is 0 Å². The first-order chi connectivity index (χ1) is 12.9. The Hall–Kier alpha value is -3.07. The summed E-state index contributed by atoms with van der Waals surface area (Å²) >= 11 is 0. The molecule has 1 aromatic rings. The molecular weight excluding hydrogens is 352 g/mol. The monoisotopic (exact) mass is 372 g/mol. The fourth-order valence-corrected chi connectivity index (χ4v) is 3.26. The molecule has 2 aliphatic heterocycles. The standard InChI is InChI=1S/C18H20N4O5/c19-9-2-1-6-13(23)20-11-5-3-4-10-15(11)18(27)22(17(10)26)12-7-8-14(24)21-16(12)25/h3-5,12H,1-2,6-9,19H2,(H,20,23)(H,21,24,25). The van der Waals surface area contributed by atoms with Gasteiger partial charge in [0, 0.05) is 12.8 Å². The van der Waals surface area contributed by atoms with Crippen molar-refractivity contribution in [2.24, 2.45) is 5.73 Å². The second-order valence-electron chi connectivity index (χ2n) is 6.47. The van der Waals surface area contributed by atoms with Crippen LogP contribution in [0.1, 0.15) is 52.8 Å². The van der Waals surface area contributed by atoms with Gasteiger partial charge in [0.15, 0.2) is 0 Å². The van der Waals surface area contributed by atoms with E-state index in [1.807, 2.05) is 0 Å². The number of carbonyl (C=O) groups is 5. The number of rotatable bonds is 6. The Bertz CT molecular complexity index is 835. The minimum atomic E-state index is -1.04. The molecule has 0 saturated carbocycles. The van der Waals surface area contributed by atoms with Crippen molar-refractivity contribution in [3.63, 3.8) is 0 Å². The summed E-state index contributed by atoms with van der Waals surface area (Å²) in [5, 5.41) is 4.81. The third kappa shape index (κ3) is 3.59. The molecule has 1 fully saturated rings. The summed E-state index contributed by atoms with van der Waals surface area (Å²) < 4.78 is 0. The predicted octanol–water partition coefficient (Wildman–Crippen LogP) is 0.155. The van der Waals surface area contributed by atoms with Gasteiger partial charge in [-0.05, 0) is 37.9 Å². The molecule has 0 aromatic heterocycles. The van der Waals surface area contributed by atoms with Crippen molar-refractivity contribution < 1.29 is 24.0 Å². The molecule has 1 unspecified atom stereocenters. The highest BCUT2D eigenvalue weighted by molar-refractivity contribution is 6.26. The maximum Gasteiger partial charge on any atom is 0.264 e. The molecule has 3 rings (SSSR count). The zero-order valence-corrected chi connectivity index (χ0v) is 14.6. The Balaban J connectivity index is 1.83. The van der Waals surface area contributed by atoms with Gasteiger partial charge in [0.25, 0.3) is 11.8 Å². The summed E-state index contributed by atoms with van der Waals surface area (Å²) in [6.07, 6.45) is 1.71. The quantitative estimate of drug-likeness (QED) is 0.480. The number of piperidine rings is 1. The number of benzene rings is 1. The molecule has 1 aromatic carbocycles. The van der Waals surface area contributed by atoms with E-state index < -0.39 is 29.7 Å². The molecule has 5 amide bonds. The van der Waals surface area contributed by atoms with Crippen LogP contribution in [0.15, 0.2) is 18.2 Å². The van der Waals surface area contributed by atoms with Gasteiger partial charge in [-0.1, -0.05) is 6.07 Å². The first-order valence-electron chi connectivity index (χ1n) is 8.78. The summed E-state index contributed by atoms with van der Waals surface area (Å²) in [5.74, 6) is -2.64. The van der Waals surface area contributed by atoms with Gasteiger partial charge in [-0.2, -0.15) is 0 Å². The van der Waals surface area contributed by atoms with Crippen molar-refractivity contribution in [1.29, 1.82) is 0 Å². The van der Waals surface area contributed by atoms with Gasteiger partial charge >= 0.3 is 0 Å². The van der Waals surface area contributed by atoms with Crippen molar-refractivity contribution in [3.8, 4) is 0 Å². The Morgan fingerprint density at radius 1 is 1.19 bits per heavy atom. The lowest BCUT2D eigenvalue weighted by molar-refractivity contribution is -0.136. The second kappa shape index (κ2) is 7.67. The third-order valence-corrected chi connectivity index (χ3v) is 4.60. The molecule has 2 aliphatic rings. The van der Waals surface area contributed by atoms with Crippen LogP contribution < -0.4 is 16.4 Å². The number of anilines is 1. The third-order valence-electron chi connectivity index (χ3n) is 4.60. The molecule has 0 aliphatic carbocycles. The molecule has 1 atom stereocenters. The van der Waals surface area contributed by atoms with E-state index in [2.05, 4.69) is 10.6 Å². The Labute approximate surface area is 155 Å². The van der Waals surface area contributed by atoms with Gasteiger partial charge in [0.1, 0.15) is 6.04 Å². The SMILES string of the molecule is NCCCCC(=O)Nc1cccc2c1C(=O)N(C1CCC(=O)NC1=O)C2=O. The lowest BCUT2D eigenvalue weighted by Crippen LogP contribution is -2.54. The zero-order valence-electron chi connectivity index (χ0n) is 14.6. The number of unbranched alkanes of at least 4 members (excludes halogenated alkanes) is 1. The van der Waals surface area contributed by atoms with E-state index in [0.29, 0.717) is 19.4 Å². The lowest BCUT2D eigenvalue weighted by Gasteiger charge is -2.27. The molecule has 2 heterocycles. The number of nitrogens with one attached hydrogen (secondary N) is 2. The van der Waals surface area contributed by atoms with Crippen molar-refractivity contribution in [2.45, 2.75) is 38.1 Å². The summed E-state index contributed by atoms with van der Waals surface area (Å²) in [6, 6.07) is 3.54. The Kier molecular flexibility index (Phi) is 5.31. The predicted molar refractivity (Wildman–Crippen MR) is 94.6 cm³/mol. The van der Waals surface area contributed by atoms with Crippen LogP contribution in [-0.2, 0) is 14.4 Å². The van der Waals surface area contributed by atoms with Gasteiger partial charge in [-0.25, -0.2) is 0 Å². The van der Waals surface area contributed by atoms with E-state index in [1.54, 1.807) is 12.1 Å². The van der Waals surface area contributed by atoms with Gasteiger partial charge in [-0.15, -0.1) is 0 Å². The first-order valence-corrected chi connectivity index (χ1v) is 8.78. The Morgan fingerprint density at radius 3 is 2.67 bits per heavy atom. The van der Waals surface area contributed by atoms with Gasteiger partial charge in [0.05, 0.1) is 16.8 Å². The van der Waals surface area contributed by atoms with E-state index in [1.165, 1.54) is 6.07 Å². The summed E-state index contributed by atoms with van der Waals surface area (Å²) in [4.78, 5) is 61.9. The minimum Gasteiger partial charge on any atom is -0.330 e. The first kappa shape index (κ1) is 18.7. The van der Waals surface area contributed by atoms with Gasteiger partial charge < -0.3 is 11.1 Å². The van der Waals surface area contributed by atoms with Crippen LogP contribution >= 0.6 is 0 Å². The highest BCUT2D eigenvalue weighted by Crippen LogP contribution is 2.32. The van der Waals surface area contributed by atoms with Gasteiger partial charge in [-0.3, -0.25) is 34.2 Å². The molecule has 4 N–H and O–H groups in total. The number of imide groups is 2. The summed E-state index contributed by atoms with van der Waals surface area (Å²) in [6.45, 7) is 0.488. The van der Waals surface area contributed by atoms with E-state index in [4.69, 9.17) is 5.73 Å². The van der Waals surface area contributed by atoms with Crippen LogP contribution in [0, 0.1) is 0 Å². The number of nitrogens with two attached hydrogens (primary N) is 1. The normalized spacial score (nSPS) is 19.1. The van der Waals surface area contributed by atoms with Crippen LogP contribution in [0.5, 0.6) is 0 Å². The molecule has 0 bridgehead atoms. The van der Waals surface area contributed by atoms with Crippen LogP contribution in [0.25, 0.3) is 0 Å². The molecule has 9 heteroatoms. The van der Waals surface area contributed by atoms with E-state index in [9.17, 15) is 24.0 Å². The van der Waals surface area contributed by atoms with Crippen molar-refractivity contribution in [3.05, 3.63) is 29.3 Å². The molecule has 1 saturated heterocycles. The summed E-state index contributed by atoms with van der Waals surface area (Å²) in [7, 11) is 0. The van der Waals surface area contributed by atoms with Crippen molar-refractivity contribution in [2.75, 3.05) is 11.9 Å². The summed E-state index contributed by atoms with van der Waals surface area (Å²) in [5.41, 5.74) is 5.84. The highest BCUT2D eigenvalue weighted by Gasteiger charge is 2.45. The molecule has 0 radical (unpaired) electrons. The molecule has 0 spiro atoms.